The lowest BCUT2D eigenvalue weighted by Gasteiger charge is -2.20. The fraction of sp³-hybridized carbons (Fsp3) is 0.211. The van der Waals surface area contributed by atoms with E-state index in [9.17, 15) is 0 Å². The monoisotopic (exact) mass is 494 g/mol. The zero-order valence-corrected chi connectivity index (χ0v) is 22.4. The molecule has 0 aliphatic rings. The Hall–Kier alpha value is -3.90. The summed E-state index contributed by atoms with van der Waals surface area (Å²) in [6.07, 6.45) is 8.70. The van der Waals surface area contributed by atoms with Gasteiger partial charge in [-0.3, -0.25) is 0 Å². The van der Waals surface area contributed by atoms with Crippen molar-refractivity contribution < 1.29 is 0 Å². The highest BCUT2D eigenvalue weighted by Gasteiger charge is 2.15. The van der Waals surface area contributed by atoms with Gasteiger partial charge in [-0.15, -0.1) is 0 Å². The van der Waals surface area contributed by atoms with E-state index in [1.807, 2.05) is 0 Å². The summed E-state index contributed by atoms with van der Waals surface area (Å²) in [5.41, 5.74) is 11.9. The van der Waals surface area contributed by atoms with Crippen molar-refractivity contribution in [1.82, 2.24) is 0 Å². The van der Waals surface area contributed by atoms with Gasteiger partial charge >= 0.3 is 0 Å². The zero-order chi connectivity index (χ0) is 25.8. The molecule has 0 unspecified atom stereocenters. The van der Waals surface area contributed by atoms with Gasteiger partial charge in [0.1, 0.15) is 0 Å². The molecular weight excluding hydrogens is 456 g/mol. The Morgan fingerprint density at radius 3 is 0.789 bits per heavy atom. The van der Waals surface area contributed by atoms with Gasteiger partial charge in [-0.2, -0.15) is 0 Å². The van der Waals surface area contributed by atoms with Gasteiger partial charge in [0.15, 0.2) is 0 Å². The molecule has 38 heavy (non-hydrogen) atoms. The molecule has 0 spiro atoms. The van der Waals surface area contributed by atoms with Gasteiger partial charge < -0.3 is 0 Å². The second kappa shape index (κ2) is 13.6. The van der Waals surface area contributed by atoms with E-state index in [1.165, 1.54) is 33.4 Å². The van der Waals surface area contributed by atoms with E-state index >= 15 is 0 Å². The lowest BCUT2D eigenvalue weighted by atomic mass is 9.85. The van der Waals surface area contributed by atoms with Crippen LogP contribution in [0.1, 0.15) is 44.5 Å². The summed E-state index contributed by atoms with van der Waals surface area (Å²) < 4.78 is 0. The molecule has 0 aliphatic heterocycles. The average molecular weight is 495 g/mol. The number of rotatable bonds is 12. The Morgan fingerprint density at radius 1 is 0.237 bits per heavy atom. The lowest BCUT2D eigenvalue weighted by molar-refractivity contribution is 0.829. The highest BCUT2D eigenvalue weighted by atomic mass is 14.2. The molecule has 0 amide bonds. The molecule has 0 saturated heterocycles. The Morgan fingerprint density at radius 2 is 0.500 bits per heavy atom. The second-order valence-electron chi connectivity index (χ2n) is 10.3. The van der Waals surface area contributed by atoms with Gasteiger partial charge in [-0.1, -0.05) is 133 Å². The summed E-state index contributed by atoms with van der Waals surface area (Å²) >= 11 is 0. The maximum absolute atomic E-state index is 2.44. The predicted molar refractivity (Wildman–Crippen MR) is 162 cm³/mol. The first-order valence-electron chi connectivity index (χ1n) is 14.1. The normalized spacial score (nSPS) is 10.9. The predicted octanol–water partition coefficient (Wildman–Crippen LogP) is 8.83. The smallest absolute Gasteiger partial charge is 0.0233 e. The molecule has 0 fully saturated rings. The topological polar surface area (TPSA) is 0 Å². The quantitative estimate of drug-likeness (QED) is 0.162. The highest BCUT2D eigenvalue weighted by Crippen LogP contribution is 2.26. The van der Waals surface area contributed by atoms with Crippen molar-refractivity contribution in [2.75, 3.05) is 0 Å². The minimum absolute atomic E-state index is 1.08. The molecule has 5 aromatic rings. The number of benzene rings is 5. The zero-order valence-electron chi connectivity index (χ0n) is 22.4. The summed E-state index contributed by atoms with van der Waals surface area (Å²) in [7, 11) is 0. The first-order chi connectivity index (χ1) is 18.8. The molecule has 0 heteroatoms. The first kappa shape index (κ1) is 25.7. The molecule has 0 N–H and O–H groups in total. The van der Waals surface area contributed by atoms with Crippen molar-refractivity contribution >= 4 is 0 Å². The summed E-state index contributed by atoms with van der Waals surface area (Å²) in [6, 6.07) is 48.7. The molecule has 5 aromatic carbocycles. The number of hydrogen-bond donors (Lipinski definition) is 0. The van der Waals surface area contributed by atoms with E-state index in [0.717, 1.165) is 51.4 Å². The third-order valence-electron chi connectivity index (χ3n) is 7.69. The maximum atomic E-state index is 2.44. The van der Waals surface area contributed by atoms with Crippen molar-refractivity contribution in [1.29, 1.82) is 0 Å². The molecule has 0 aliphatic carbocycles. The van der Waals surface area contributed by atoms with Crippen LogP contribution in [0.15, 0.2) is 133 Å². The first-order valence-corrected chi connectivity index (χ1v) is 14.1. The number of aryl methyl sites for hydroxylation is 6. The van der Waals surface area contributed by atoms with Crippen LogP contribution in [0.3, 0.4) is 0 Å². The summed E-state index contributed by atoms with van der Waals surface area (Å²) in [4.78, 5) is 0. The van der Waals surface area contributed by atoms with Crippen LogP contribution in [0.5, 0.6) is 0 Å². The van der Waals surface area contributed by atoms with Crippen LogP contribution in [0.25, 0.3) is 0 Å². The van der Waals surface area contributed by atoms with Gasteiger partial charge in [0.25, 0.3) is 0 Å². The Kier molecular flexibility index (Phi) is 9.20. The maximum Gasteiger partial charge on any atom is -0.0233 e. The standard InChI is InChI=1S/C38H38/c1-5-13-31(14-6-1)21-25-35-27-28-36(26-22-32-15-7-2-8-16-32)38(30-24-34-19-11-4-12-20-34)37(35)29-23-33-17-9-3-10-18-33/h1-20,27-28H,21-26,29-30H2. The van der Waals surface area contributed by atoms with Gasteiger partial charge in [0.05, 0.1) is 0 Å². The molecule has 0 atom stereocenters. The molecule has 0 nitrogen and oxygen atoms in total. The second-order valence-corrected chi connectivity index (χ2v) is 10.3. The summed E-state index contributed by atoms with van der Waals surface area (Å²) in [6.45, 7) is 0. The van der Waals surface area contributed by atoms with Crippen molar-refractivity contribution in [3.63, 3.8) is 0 Å². The van der Waals surface area contributed by atoms with Crippen LogP contribution in [0, 0.1) is 0 Å². The molecule has 0 bridgehead atoms. The van der Waals surface area contributed by atoms with E-state index < -0.39 is 0 Å². The molecule has 5 rings (SSSR count). The summed E-state index contributed by atoms with van der Waals surface area (Å²) in [5.74, 6) is 0. The SMILES string of the molecule is c1ccc(CCc2ccc(CCc3ccccc3)c(CCc3ccccc3)c2CCc2ccccc2)cc1. The largest absolute Gasteiger partial charge is 0.0622 e. The molecule has 0 aromatic heterocycles. The van der Waals surface area contributed by atoms with Crippen LogP contribution in [0.2, 0.25) is 0 Å². The van der Waals surface area contributed by atoms with Crippen molar-refractivity contribution in [3.05, 3.63) is 178 Å². The minimum atomic E-state index is 1.08. The fourth-order valence-corrected chi connectivity index (χ4v) is 5.56. The van der Waals surface area contributed by atoms with Crippen LogP contribution in [0.4, 0.5) is 0 Å². The van der Waals surface area contributed by atoms with Crippen LogP contribution < -0.4 is 0 Å². The van der Waals surface area contributed by atoms with Crippen molar-refractivity contribution in [2.45, 2.75) is 51.4 Å². The van der Waals surface area contributed by atoms with Gasteiger partial charge in [0.2, 0.25) is 0 Å². The molecule has 190 valence electrons. The number of hydrogen-bond acceptors (Lipinski definition) is 0. The Bertz CT molecular complexity index is 1260. The molecular formula is C38H38. The Labute approximate surface area is 229 Å². The van der Waals surface area contributed by atoms with Gasteiger partial charge in [-0.05, 0) is 95.9 Å². The van der Waals surface area contributed by atoms with Crippen molar-refractivity contribution in [2.24, 2.45) is 0 Å². The third-order valence-corrected chi connectivity index (χ3v) is 7.69. The molecule has 0 radical (unpaired) electrons. The molecule has 0 heterocycles. The van der Waals surface area contributed by atoms with E-state index in [4.69, 9.17) is 0 Å². The summed E-state index contributed by atoms with van der Waals surface area (Å²) in [5, 5.41) is 0. The molecule has 0 saturated carbocycles. The van der Waals surface area contributed by atoms with E-state index in [2.05, 4.69) is 133 Å². The minimum Gasteiger partial charge on any atom is -0.0622 e. The highest BCUT2D eigenvalue weighted by molar-refractivity contribution is 5.44. The fourth-order valence-electron chi connectivity index (χ4n) is 5.56. The van der Waals surface area contributed by atoms with E-state index in [0.29, 0.717) is 0 Å². The van der Waals surface area contributed by atoms with E-state index in [-0.39, 0.29) is 0 Å². The third kappa shape index (κ3) is 7.33. The van der Waals surface area contributed by atoms with E-state index in [1.54, 1.807) is 11.1 Å². The van der Waals surface area contributed by atoms with Crippen LogP contribution >= 0.6 is 0 Å². The Balaban J connectivity index is 1.47. The van der Waals surface area contributed by atoms with Crippen LogP contribution in [-0.2, 0) is 51.4 Å². The van der Waals surface area contributed by atoms with Crippen LogP contribution in [-0.4, -0.2) is 0 Å². The van der Waals surface area contributed by atoms with Crippen molar-refractivity contribution in [3.8, 4) is 0 Å². The average Bonchev–Trinajstić information content (AvgIpc) is 2.99. The van der Waals surface area contributed by atoms with Gasteiger partial charge in [0, 0.05) is 0 Å². The lowest BCUT2D eigenvalue weighted by Crippen LogP contribution is -2.09. The van der Waals surface area contributed by atoms with Gasteiger partial charge in [-0.25, -0.2) is 0 Å².